The topological polar surface area (TPSA) is 125 Å². The molecule has 2 bridgehead atoms. The second-order valence-electron chi connectivity index (χ2n) is 11.1. The van der Waals surface area contributed by atoms with Gasteiger partial charge in [-0.1, -0.05) is 25.5 Å². The smallest absolute Gasteiger partial charge is 0.312 e. The number of carbonyl (C=O) groups excluding carboxylic acids is 4. The van der Waals surface area contributed by atoms with Crippen LogP contribution in [-0.4, -0.2) is 94.2 Å². The van der Waals surface area contributed by atoms with Gasteiger partial charge >= 0.3 is 5.97 Å². The summed E-state index contributed by atoms with van der Waals surface area (Å²) in [6.07, 6.45) is 5.68. The average molecular weight is 548 g/mol. The zero-order chi connectivity index (χ0) is 28.9. The zero-order valence-electron chi connectivity index (χ0n) is 23.8. The van der Waals surface area contributed by atoms with Crippen LogP contribution in [0.1, 0.15) is 66.2 Å². The van der Waals surface area contributed by atoms with Gasteiger partial charge in [-0.3, -0.25) is 19.2 Å². The quantitative estimate of drug-likeness (QED) is 0.237. The van der Waals surface area contributed by atoms with Gasteiger partial charge in [-0.15, -0.1) is 13.2 Å². The van der Waals surface area contributed by atoms with Gasteiger partial charge in [0.05, 0.1) is 37.1 Å². The molecule has 0 saturated carbocycles. The van der Waals surface area contributed by atoms with E-state index >= 15 is 0 Å². The Kier molecular flexibility index (Phi) is 10.3. The number of nitrogens with one attached hydrogen (secondary N) is 1. The fraction of sp³-hybridized carbons (Fsp3) is 0.724. The van der Waals surface area contributed by atoms with Crippen LogP contribution in [0.15, 0.2) is 25.3 Å². The molecule has 0 aliphatic carbocycles. The zero-order valence-corrected chi connectivity index (χ0v) is 23.8. The number of amides is 3. The Morgan fingerprint density at radius 3 is 2.62 bits per heavy atom. The highest BCUT2D eigenvalue weighted by Crippen LogP contribution is 2.59. The standard InChI is InChI=1S/C29H45N3O7/c1-7-10-12-22(34)30-16-20(6)38-28(37)23-21-13-14-29(39-21)24(23)26(35)32(19(5)17-33)25(29)27(36)31(15-9-3)18(4)11-8-2/h7,9,18-21,23-25,33H,1,3,8,10-17H2,2,4-6H3,(H,30,34)/t18?,19-,20+,21+,23-,24-,25+,29-/m1/s1. The number of fused-ring (bicyclic) bond motifs is 1. The minimum absolute atomic E-state index is 0.0840. The molecule has 10 heteroatoms. The molecule has 218 valence electrons. The van der Waals surface area contributed by atoms with Crippen LogP contribution >= 0.6 is 0 Å². The number of likely N-dealkylation sites (tertiary alicyclic amines) is 1. The molecule has 2 N–H and O–H groups in total. The molecule has 3 fully saturated rings. The van der Waals surface area contributed by atoms with Crippen molar-refractivity contribution in [3.63, 3.8) is 0 Å². The summed E-state index contributed by atoms with van der Waals surface area (Å²) in [5.74, 6) is -3.10. The van der Waals surface area contributed by atoms with Crippen molar-refractivity contribution in [3.05, 3.63) is 25.3 Å². The van der Waals surface area contributed by atoms with E-state index in [1.165, 1.54) is 4.90 Å². The van der Waals surface area contributed by atoms with E-state index in [-0.39, 0.29) is 36.9 Å². The lowest BCUT2D eigenvalue weighted by Gasteiger charge is -2.40. The Balaban J connectivity index is 1.86. The van der Waals surface area contributed by atoms with Gasteiger partial charge in [-0.25, -0.2) is 0 Å². The molecule has 0 aromatic carbocycles. The number of nitrogens with zero attached hydrogens (tertiary/aromatic N) is 2. The molecule has 0 radical (unpaired) electrons. The molecule has 10 nitrogen and oxygen atoms in total. The van der Waals surface area contributed by atoms with Gasteiger partial charge in [-0.2, -0.15) is 0 Å². The Morgan fingerprint density at radius 2 is 2.00 bits per heavy atom. The van der Waals surface area contributed by atoms with Crippen LogP contribution in [0.2, 0.25) is 0 Å². The first-order valence-corrected chi connectivity index (χ1v) is 14.2. The SMILES string of the molecule is C=CCCC(=O)NC[C@H](C)OC(=O)[C@@H]1[C@@H]2CC[C@]3(O2)[C@H](C(=O)N(CC=C)C(C)CCC)N([C@H](C)CO)C(=O)[C@@H]13. The third-order valence-corrected chi connectivity index (χ3v) is 8.31. The number of carbonyl (C=O) groups is 4. The Hall–Kier alpha value is -2.72. The van der Waals surface area contributed by atoms with Gasteiger partial charge in [0.2, 0.25) is 17.7 Å². The van der Waals surface area contributed by atoms with E-state index in [2.05, 4.69) is 18.5 Å². The second kappa shape index (κ2) is 13.1. The van der Waals surface area contributed by atoms with Crippen molar-refractivity contribution < 1.29 is 33.8 Å². The number of rotatable bonds is 15. The largest absolute Gasteiger partial charge is 0.460 e. The molecule has 3 rings (SSSR count). The van der Waals surface area contributed by atoms with Gasteiger partial charge in [0.25, 0.3) is 0 Å². The van der Waals surface area contributed by atoms with Gasteiger partial charge in [-0.05, 0) is 46.5 Å². The highest BCUT2D eigenvalue weighted by molar-refractivity contribution is 5.98. The second-order valence-corrected chi connectivity index (χ2v) is 11.1. The molecule has 1 spiro atoms. The average Bonchev–Trinajstić information content (AvgIpc) is 3.55. The van der Waals surface area contributed by atoms with Crippen LogP contribution in [0, 0.1) is 11.8 Å². The molecule has 8 atom stereocenters. The summed E-state index contributed by atoms with van der Waals surface area (Å²) in [5, 5.41) is 12.8. The van der Waals surface area contributed by atoms with Crippen molar-refractivity contribution in [2.75, 3.05) is 19.7 Å². The fourth-order valence-corrected chi connectivity index (χ4v) is 6.45. The number of esters is 1. The predicted molar refractivity (Wildman–Crippen MR) is 145 cm³/mol. The Labute approximate surface area is 231 Å². The van der Waals surface area contributed by atoms with E-state index in [1.54, 1.807) is 30.9 Å². The highest BCUT2D eigenvalue weighted by Gasteiger charge is 2.75. The minimum atomic E-state index is -1.17. The molecule has 3 aliphatic rings. The van der Waals surface area contributed by atoms with Crippen molar-refractivity contribution in [1.82, 2.24) is 15.1 Å². The van der Waals surface area contributed by atoms with Gasteiger partial charge in [0.1, 0.15) is 17.7 Å². The number of allylic oxidation sites excluding steroid dienone is 1. The van der Waals surface area contributed by atoms with Crippen molar-refractivity contribution in [2.45, 2.75) is 102 Å². The lowest BCUT2D eigenvalue weighted by atomic mass is 9.70. The summed E-state index contributed by atoms with van der Waals surface area (Å²) < 4.78 is 12.1. The maximum Gasteiger partial charge on any atom is 0.312 e. The van der Waals surface area contributed by atoms with Crippen LogP contribution < -0.4 is 5.32 Å². The highest BCUT2D eigenvalue weighted by atomic mass is 16.6. The van der Waals surface area contributed by atoms with Gasteiger partial charge in [0, 0.05) is 19.0 Å². The molecule has 0 aromatic rings. The lowest BCUT2D eigenvalue weighted by molar-refractivity contribution is -0.160. The minimum Gasteiger partial charge on any atom is -0.460 e. The van der Waals surface area contributed by atoms with E-state index < -0.39 is 47.7 Å². The van der Waals surface area contributed by atoms with Crippen molar-refractivity contribution in [1.29, 1.82) is 0 Å². The molecule has 0 aromatic heterocycles. The lowest BCUT2D eigenvalue weighted by Crippen LogP contribution is -2.59. The van der Waals surface area contributed by atoms with Crippen LogP contribution in [-0.2, 0) is 28.7 Å². The number of aliphatic hydroxyl groups is 1. The number of aliphatic hydroxyl groups excluding tert-OH is 1. The maximum atomic E-state index is 14.2. The molecule has 39 heavy (non-hydrogen) atoms. The summed E-state index contributed by atoms with van der Waals surface area (Å²) in [4.78, 5) is 56.7. The first-order valence-electron chi connectivity index (χ1n) is 14.2. The number of hydrogen-bond acceptors (Lipinski definition) is 7. The molecule has 3 amide bonds. The number of hydrogen-bond donors (Lipinski definition) is 2. The Bertz CT molecular complexity index is 955. The number of ether oxygens (including phenoxy) is 2. The van der Waals surface area contributed by atoms with E-state index in [1.807, 2.05) is 13.8 Å². The van der Waals surface area contributed by atoms with Crippen molar-refractivity contribution in [3.8, 4) is 0 Å². The first kappa shape index (κ1) is 30.8. The summed E-state index contributed by atoms with van der Waals surface area (Å²) >= 11 is 0. The third kappa shape index (κ3) is 5.91. The van der Waals surface area contributed by atoms with Crippen LogP contribution in [0.25, 0.3) is 0 Å². The normalized spacial score (nSPS) is 29.4. The third-order valence-electron chi connectivity index (χ3n) is 8.31. The fourth-order valence-electron chi connectivity index (χ4n) is 6.45. The van der Waals surface area contributed by atoms with E-state index in [0.29, 0.717) is 32.2 Å². The molecule has 1 unspecified atom stereocenters. The summed E-state index contributed by atoms with van der Waals surface area (Å²) in [6.45, 7) is 14.9. The monoisotopic (exact) mass is 547 g/mol. The van der Waals surface area contributed by atoms with E-state index in [9.17, 15) is 24.3 Å². The van der Waals surface area contributed by atoms with Crippen LogP contribution in [0.4, 0.5) is 0 Å². The van der Waals surface area contributed by atoms with E-state index in [4.69, 9.17) is 9.47 Å². The van der Waals surface area contributed by atoms with E-state index in [0.717, 1.165) is 12.8 Å². The molecule has 3 heterocycles. The molecule has 3 aliphatic heterocycles. The van der Waals surface area contributed by atoms with Crippen LogP contribution in [0.5, 0.6) is 0 Å². The predicted octanol–water partition coefficient (Wildman–Crippen LogP) is 1.96. The molecule has 3 saturated heterocycles. The maximum absolute atomic E-state index is 14.2. The molecular formula is C29H45N3O7. The van der Waals surface area contributed by atoms with Crippen molar-refractivity contribution >= 4 is 23.7 Å². The van der Waals surface area contributed by atoms with Gasteiger partial charge < -0.3 is 29.7 Å². The Morgan fingerprint density at radius 1 is 1.28 bits per heavy atom. The van der Waals surface area contributed by atoms with Gasteiger partial charge in [0.15, 0.2) is 0 Å². The summed E-state index contributed by atoms with van der Waals surface area (Å²) in [5.41, 5.74) is -1.17. The summed E-state index contributed by atoms with van der Waals surface area (Å²) in [6, 6.07) is -1.68. The van der Waals surface area contributed by atoms with Crippen LogP contribution in [0.3, 0.4) is 0 Å². The first-order chi connectivity index (χ1) is 18.6. The molecular weight excluding hydrogens is 502 g/mol. The summed E-state index contributed by atoms with van der Waals surface area (Å²) in [7, 11) is 0. The van der Waals surface area contributed by atoms with Crippen molar-refractivity contribution in [2.24, 2.45) is 11.8 Å².